The summed E-state index contributed by atoms with van der Waals surface area (Å²) in [7, 11) is 0. The number of pyridine rings is 1. The molecule has 0 saturated heterocycles. The number of aromatic nitrogens is 1. The van der Waals surface area contributed by atoms with Gasteiger partial charge in [0.15, 0.2) is 12.4 Å². The first-order valence-electron chi connectivity index (χ1n) is 5.41. The number of rotatable bonds is 6. The Balaban J connectivity index is 0.00000225. The van der Waals surface area contributed by atoms with Crippen LogP contribution in [-0.2, 0) is 6.54 Å². The van der Waals surface area contributed by atoms with Gasteiger partial charge in [0.25, 0.3) is 0 Å². The van der Waals surface area contributed by atoms with E-state index in [1.807, 2.05) is 18.2 Å². The van der Waals surface area contributed by atoms with Crippen molar-refractivity contribution in [3.63, 3.8) is 0 Å². The Bertz CT molecular complexity index is 307. The van der Waals surface area contributed by atoms with Gasteiger partial charge in [0.05, 0.1) is 0 Å². The van der Waals surface area contributed by atoms with Crippen molar-refractivity contribution >= 4 is 0 Å². The topological polar surface area (TPSA) is 24.1 Å². The molecule has 0 spiro atoms. The maximum absolute atomic E-state index is 9.13. The van der Waals surface area contributed by atoms with Crippen LogP contribution in [-0.4, -0.2) is 11.2 Å². The lowest BCUT2D eigenvalue weighted by atomic mass is 10.1. The lowest BCUT2D eigenvalue weighted by Crippen LogP contribution is -3.00. The first-order valence-corrected chi connectivity index (χ1v) is 5.41. The minimum atomic E-state index is -0.561. The average molecular weight is 284 g/mol. The Hall–Kier alpha value is -0.850. The summed E-state index contributed by atoms with van der Waals surface area (Å²) in [4.78, 5) is 0. The third-order valence-corrected chi connectivity index (χ3v) is 2.36. The van der Waals surface area contributed by atoms with Gasteiger partial charge in [-0.05, 0) is 19.3 Å². The molecule has 0 aliphatic rings. The maximum atomic E-state index is 9.13. The highest BCUT2D eigenvalue weighted by Crippen LogP contribution is 2.02. The summed E-state index contributed by atoms with van der Waals surface area (Å²) in [5.41, 5.74) is 0. The highest BCUT2D eigenvalue weighted by Gasteiger charge is 2.00. The number of halogens is 1. The van der Waals surface area contributed by atoms with E-state index in [4.69, 9.17) is 11.5 Å². The van der Waals surface area contributed by atoms with E-state index in [2.05, 4.69) is 22.9 Å². The van der Waals surface area contributed by atoms with Crippen molar-refractivity contribution < 1.29 is 26.7 Å². The minimum Gasteiger partial charge on any atom is -1.00 e. The molecule has 1 aromatic rings. The lowest BCUT2D eigenvalue weighted by molar-refractivity contribution is -0.697. The molecule has 2 nitrogen and oxygen atoms in total. The van der Waals surface area contributed by atoms with E-state index in [1.165, 1.54) is 0 Å². The Morgan fingerprint density at radius 3 is 2.44 bits per heavy atom. The molecule has 0 saturated carbocycles. The average Bonchev–Trinajstić information content (AvgIpc) is 2.29. The van der Waals surface area contributed by atoms with Gasteiger partial charge in [-0.15, -0.1) is 6.42 Å². The van der Waals surface area contributed by atoms with Crippen LogP contribution in [0.15, 0.2) is 30.6 Å². The Kier molecular flexibility index (Phi) is 8.88. The molecule has 0 fully saturated rings. The molecule has 16 heavy (non-hydrogen) atoms. The smallest absolute Gasteiger partial charge is 0.168 e. The molecule has 0 aliphatic carbocycles. The third kappa shape index (κ3) is 6.60. The predicted molar refractivity (Wildman–Crippen MR) is 59.9 cm³/mol. The summed E-state index contributed by atoms with van der Waals surface area (Å²) in [6.07, 6.45) is 12.6. The molecule has 0 bridgehead atoms. The zero-order chi connectivity index (χ0) is 10.9. The maximum Gasteiger partial charge on any atom is 0.168 e. The molecule has 3 heteroatoms. The van der Waals surface area contributed by atoms with Crippen LogP contribution in [0.3, 0.4) is 0 Å². The van der Waals surface area contributed by atoms with E-state index in [9.17, 15) is 0 Å². The first kappa shape index (κ1) is 15.2. The molecule has 1 N–H and O–H groups in total. The summed E-state index contributed by atoms with van der Waals surface area (Å²) in [6.45, 7) is 1.03. The van der Waals surface area contributed by atoms with Crippen molar-refractivity contribution in [2.24, 2.45) is 0 Å². The number of terminal acetylenes is 1. The van der Waals surface area contributed by atoms with Crippen molar-refractivity contribution in [1.29, 1.82) is 0 Å². The van der Waals surface area contributed by atoms with Crippen LogP contribution in [0.2, 0.25) is 0 Å². The number of unbranched alkanes of at least 4 members (excludes halogenated alkanes) is 2. The monoisotopic (exact) mass is 283 g/mol. The van der Waals surface area contributed by atoms with Crippen LogP contribution in [0.5, 0.6) is 0 Å². The summed E-state index contributed by atoms with van der Waals surface area (Å²) in [6, 6.07) is 6.07. The van der Waals surface area contributed by atoms with Gasteiger partial charge in [-0.25, -0.2) is 4.57 Å². The molecule has 1 rings (SSSR count). The molecular weight excluding hydrogens is 266 g/mol. The fourth-order valence-electron chi connectivity index (χ4n) is 1.48. The van der Waals surface area contributed by atoms with Crippen LogP contribution >= 0.6 is 0 Å². The molecule has 88 valence electrons. The molecule has 1 heterocycles. The van der Waals surface area contributed by atoms with Crippen LogP contribution in [0.25, 0.3) is 0 Å². The quantitative estimate of drug-likeness (QED) is 0.385. The molecule has 0 radical (unpaired) electrons. The fraction of sp³-hybridized carbons (Fsp3) is 0.462. The number of aryl methyl sites for hydroxylation is 1. The van der Waals surface area contributed by atoms with E-state index >= 15 is 0 Å². The second-order valence-electron chi connectivity index (χ2n) is 3.65. The predicted octanol–water partition coefficient (Wildman–Crippen LogP) is -1.47. The van der Waals surface area contributed by atoms with Gasteiger partial charge in [0.2, 0.25) is 0 Å². The van der Waals surface area contributed by atoms with E-state index in [1.54, 1.807) is 0 Å². The second-order valence-corrected chi connectivity index (χ2v) is 3.65. The highest BCUT2D eigenvalue weighted by molar-refractivity contribution is 4.92. The summed E-state index contributed by atoms with van der Waals surface area (Å²) >= 11 is 0. The normalized spacial score (nSPS) is 11.2. The van der Waals surface area contributed by atoms with E-state index in [-0.39, 0.29) is 17.0 Å². The standard InChI is InChI=1S/C13H18NO.BrH/c1-2-13(15)9-5-3-6-10-14-11-7-4-8-12-14;/h1,4,7-8,11-13,15H,3,5-6,9-10H2;1H/q+1;/p-1. The third-order valence-electron chi connectivity index (χ3n) is 2.36. The van der Waals surface area contributed by atoms with Crippen molar-refractivity contribution in [3.8, 4) is 12.3 Å². The van der Waals surface area contributed by atoms with Crippen LogP contribution < -0.4 is 21.5 Å². The van der Waals surface area contributed by atoms with Crippen LogP contribution in [0, 0.1) is 12.3 Å². The summed E-state index contributed by atoms with van der Waals surface area (Å²) in [5, 5.41) is 9.13. The fourth-order valence-corrected chi connectivity index (χ4v) is 1.48. The number of aliphatic hydroxyl groups excluding tert-OH is 1. The van der Waals surface area contributed by atoms with E-state index < -0.39 is 6.10 Å². The number of aliphatic hydroxyl groups is 1. The summed E-state index contributed by atoms with van der Waals surface area (Å²) in [5.74, 6) is 2.32. The van der Waals surface area contributed by atoms with Gasteiger partial charge in [0.1, 0.15) is 12.6 Å². The van der Waals surface area contributed by atoms with Crippen molar-refractivity contribution in [2.45, 2.75) is 38.3 Å². The number of hydrogen-bond acceptors (Lipinski definition) is 1. The second kappa shape index (κ2) is 9.38. The summed E-state index contributed by atoms with van der Waals surface area (Å²) < 4.78 is 2.16. The molecule has 1 aromatic heterocycles. The SMILES string of the molecule is C#CC(O)CCCCC[n+]1ccccc1.[Br-]. The Labute approximate surface area is 108 Å². The minimum absolute atomic E-state index is 0. The highest BCUT2D eigenvalue weighted by atomic mass is 79.9. The number of hydrogen-bond donors (Lipinski definition) is 1. The van der Waals surface area contributed by atoms with E-state index in [0.29, 0.717) is 0 Å². The van der Waals surface area contributed by atoms with Gasteiger partial charge in [0, 0.05) is 18.6 Å². The molecule has 1 atom stereocenters. The van der Waals surface area contributed by atoms with Gasteiger partial charge in [-0.1, -0.05) is 12.0 Å². The lowest BCUT2D eigenvalue weighted by Gasteiger charge is -2.01. The Morgan fingerprint density at radius 2 is 1.81 bits per heavy atom. The zero-order valence-corrected chi connectivity index (χ0v) is 10.9. The molecule has 0 aromatic carbocycles. The zero-order valence-electron chi connectivity index (χ0n) is 9.35. The molecule has 0 aliphatic heterocycles. The van der Waals surface area contributed by atoms with Crippen LogP contribution in [0.1, 0.15) is 25.7 Å². The molecule has 0 amide bonds. The van der Waals surface area contributed by atoms with Gasteiger partial charge in [-0.2, -0.15) is 0 Å². The first-order chi connectivity index (χ1) is 7.33. The van der Waals surface area contributed by atoms with Gasteiger partial charge in [-0.3, -0.25) is 0 Å². The van der Waals surface area contributed by atoms with Crippen molar-refractivity contribution in [2.75, 3.05) is 0 Å². The van der Waals surface area contributed by atoms with Gasteiger partial charge >= 0.3 is 0 Å². The number of nitrogens with zero attached hydrogens (tertiary/aromatic N) is 1. The largest absolute Gasteiger partial charge is 1.00 e. The van der Waals surface area contributed by atoms with Crippen molar-refractivity contribution in [1.82, 2.24) is 0 Å². The van der Waals surface area contributed by atoms with Crippen LogP contribution in [0.4, 0.5) is 0 Å². The molecular formula is C13H18BrNO. The molecule has 1 unspecified atom stereocenters. The Morgan fingerprint density at radius 1 is 1.12 bits per heavy atom. The van der Waals surface area contributed by atoms with E-state index in [0.717, 1.165) is 32.2 Å². The van der Waals surface area contributed by atoms with Crippen molar-refractivity contribution in [3.05, 3.63) is 30.6 Å². The van der Waals surface area contributed by atoms with Gasteiger partial charge < -0.3 is 22.1 Å².